The van der Waals surface area contributed by atoms with Crippen molar-refractivity contribution in [1.82, 2.24) is 4.90 Å². The minimum Gasteiger partial charge on any atom is -0.482 e. The van der Waals surface area contributed by atoms with Crippen LogP contribution in [-0.2, 0) is 24.2 Å². The summed E-state index contributed by atoms with van der Waals surface area (Å²) in [5.74, 6) is -0.223. The van der Waals surface area contributed by atoms with Gasteiger partial charge >= 0.3 is 5.97 Å². The molecule has 0 radical (unpaired) electrons. The van der Waals surface area contributed by atoms with Crippen molar-refractivity contribution in [1.29, 1.82) is 0 Å². The predicted molar refractivity (Wildman–Crippen MR) is 106 cm³/mol. The molecule has 1 saturated heterocycles. The maximum Gasteiger partial charge on any atom is 0.344 e. The average Bonchev–Trinajstić information content (AvgIpc) is 2.94. The number of carbonyl (C=O) groups is 2. The third-order valence-electron chi connectivity index (χ3n) is 4.44. The maximum atomic E-state index is 12.6. The lowest BCUT2D eigenvalue weighted by atomic mass is 10.1. The number of aryl methyl sites for hydroxylation is 2. The second kappa shape index (κ2) is 9.41. The van der Waals surface area contributed by atoms with E-state index in [1.54, 1.807) is 0 Å². The molecule has 1 amide bonds. The van der Waals surface area contributed by atoms with Gasteiger partial charge in [-0.3, -0.25) is 4.79 Å². The van der Waals surface area contributed by atoms with E-state index in [1.807, 2.05) is 45.9 Å². The molecule has 1 aliphatic heterocycles. The van der Waals surface area contributed by atoms with Crippen LogP contribution in [0.5, 0.6) is 5.75 Å². The van der Waals surface area contributed by atoms with Crippen LogP contribution in [0.15, 0.2) is 18.2 Å². The number of benzene rings is 1. The molecule has 0 unspecified atom stereocenters. The summed E-state index contributed by atoms with van der Waals surface area (Å²) < 4.78 is 34.0. The summed E-state index contributed by atoms with van der Waals surface area (Å²) in [5, 5.41) is 0. The van der Waals surface area contributed by atoms with Gasteiger partial charge in [-0.2, -0.15) is 0 Å². The monoisotopic (exact) mass is 411 g/mol. The Balaban J connectivity index is 1.87. The van der Waals surface area contributed by atoms with E-state index in [0.717, 1.165) is 11.1 Å². The normalized spacial score (nSPS) is 18.1. The summed E-state index contributed by atoms with van der Waals surface area (Å²) in [5.41, 5.74) is 2.05. The van der Waals surface area contributed by atoms with Gasteiger partial charge in [-0.25, -0.2) is 13.2 Å². The molecule has 156 valence electrons. The molecule has 1 aromatic rings. The number of carbonyl (C=O) groups excluding carboxylic acids is 2. The molecule has 28 heavy (non-hydrogen) atoms. The zero-order valence-electron chi connectivity index (χ0n) is 16.9. The third-order valence-corrected chi connectivity index (χ3v) is 6.19. The minimum absolute atomic E-state index is 0.0325. The van der Waals surface area contributed by atoms with Crippen LogP contribution in [0.2, 0.25) is 0 Å². The highest BCUT2D eigenvalue weighted by molar-refractivity contribution is 7.91. The zero-order valence-corrected chi connectivity index (χ0v) is 17.8. The van der Waals surface area contributed by atoms with E-state index in [1.165, 1.54) is 4.90 Å². The molecule has 0 saturated carbocycles. The first-order valence-corrected chi connectivity index (χ1v) is 11.2. The van der Waals surface area contributed by atoms with Crippen molar-refractivity contribution >= 4 is 21.7 Å². The summed E-state index contributed by atoms with van der Waals surface area (Å²) >= 11 is 0. The molecule has 0 N–H and O–H groups in total. The smallest absolute Gasteiger partial charge is 0.344 e. The van der Waals surface area contributed by atoms with Crippen molar-refractivity contribution in [3.63, 3.8) is 0 Å². The molecule has 0 aliphatic carbocycles. The van der Waals surface area contributed by atoms with E-state index in [4.69, 9.17) is 9.47 Å². The van der Waals surface area contributed by atoms with Gasteiger partial charge in [0.15, 0.2) is 23.1 Å². The van der Waals surface area contributed by atoms with Crippen LogP contribution in [0.4, 0.5) is 0 Å². The van der Waals surface area contributed by atoms with Crippen molar-refractivity contribution in [2.24, 2.45) is 5.92 Å². The number of hydrogen-bond donors (Lipinski definition) is 0. The molecule has 2 rings (SSSR count). The molecule has 0 spiro atoms. The van der Waals surface area contributed by atoms with Gasteiger partial charge in [0.05, 0.1) is 11.5 Å². The van der Waals surface area contributed by atoms with Crippen LogP contribution >= 0.6 is 0 Å². The molecule has 1 aliphatic rings. The van der Waals surface area contributed by atoms with Crippen molar-refractivity contribution in [3.05, 3.63) is 29.3 Å². The van der Waals surface area contributed by atoms with Gasteiger partial charge in [-0.1, -0.05) is 19.9 Å². The number of hydrogen-bond acceptors (Lipinski definition) is 6. The van der Waals surface area contributed by atoms with Crippen molar-refractivity contribution in [3.8, 4) is 5.75 Å². The molecule has 1 heterocycles. The van der Waals surface area contributed by atoms with Crippen LogP contribution < -0.4 is 4.74 Å². The lowest BCUT2D eigenvalue weighted by Crippen LogP contribution is -2.45. The number of ether oxygens (including phenoxy) is 2. The zero-order chi connectivity index (χ0) is 20.9. The Morgan fingerprint density at radius 1 is 1.14 bits per heavy atom. The molecule has 1 atom stereocenters. The van der Waals surface area contributed by atoms with Crippen molar-refractivity contribution < 1.29 is 27.5 Å². The Kier molecular flexibility index (Phi) is 7.46. The van der Waals surface area contributed by atoms with Gasteiger partial charge in [0.1, 0.15) is 5.75 Å². The quantitative estimate of drug-likeness (QED) is 0.607. The minimum atomic E-state index is -3.11. The molecule has 7 nitrogen and oxygen atoms in total. The van der Waals surface area contributed by atoms with E-state index >= 15 is 0 Å². The average molecular weight is 412 g/mol. The third kappa shape index (κ3) is 6.82. The standard InChI is InChI=1S/C20H29NO6S/c1-14(2)10-21(17-5-6-28(24,25)13-17)19(22)11-27-20(23)12-26-18-8-15(3)7-16(4)9-18/h7-9,14,17H,5-6,10-13H2,1-4H3/t17-/m1/s1. The van der Waals surface area contributed by atoms with E-state index in [0.29, 0.717) is 18.7 Å². The lowest BCUT2D eigenvalue weighted by Gasteiger charge is -2.29. The summed E-state index contributed by atoms with van der Waals surface area (Å²) in [6.07, 6.45) is 0.421. The molecular formula is C20H29NO6S. The second-order valence-electron chi connectivity index (χ2n) is 7.77. The van der Waals surface area contributed by atoms with Gasteiger partial charge in [-0.05, 0) is 49.4 Å². The van der Waals surface area contributed by atoms with Crippen LogP contribution in [-0.4, -0.2) is 62.5 Å². The van der Waals surface area contributed by atoms with Gasteiger partial charge in [0.25, 0.3) is 5.91 Å². The van der Waals surface area contributed by atoms with Crippen molar-refractivity contribution in [2.45, 2.75) is 40.2 Å². The van der Waals surface area contributed by atoms with E-state index in [9.17, 15) is 18.0 Å². The maximum absolute atomic E-state index is 12.6. The molecule has 1 fully saturated rings. The van der Waals surface area contributed by atoms with Gasteiger partial charge in [0, 0.05) is 12.6 Å². The highest BCUT2D eigenvalue weighted by Crippen LogP contribution is 2.19. The Labute approximate surface area is 166 Å². The second-order valence-corrected chi connectivity index (χ2v) is 10.00. The van der Waals surface area contributed by atoms with E-state index in [2.05, 4.69) is 0 Å². The molecule has 8 heteroatoms. The molecular weight excluding hydrogens is 382 g/mol. The Bertz CT molecular complexity index is 798. The van der Waals surface area contributed by atoms with E-state index < -0.39 is 22.4 Å². The Morgan fingerprint density at radius 2 is 1.79 bits per heavy atom. The summed E-state index contributed by atoms with van der Waals surface area (Å²) in [4.78, 5) is 26.0. The first-order valence-electron chi connectivity index (χ1n) is 9.42. The number of nitrogens with zero attached hydrogens (tertiary/aromatic N) is 1. The SMILES string of the molecule is Cc1cc(C)cc(OCC(=O)OCC(=O)N(CC(C)C)[C@@H]2CCS(=O)(=O)C2)c1. The van der Waals surface area contributed by atoms with Crippen LogP contribution in [0, 0.1) is 19.8 Å². The number of sulfone groups is 1. The highest BCUT2D eigenvalue weighted by atomic mass is 32.2. The van der Waals surface area contributed by atoms with E-state index in [-0.39, 0.29) is 36.0 Å². The fraction of sp³-hybridized carbons (Fsp3) is 0.600. The predicted octanol–water partition coefficient (Wildman–Crippen LogP) is 1.90. The fourth-order valence-corrected chi connectivity index (χ4v) is 5.03. The topological polar surface area (TPSA) is 90.0 Å². The van der Waals surface area contributed by atoms with Gasteiger partial charge in [0.2, 0.25) is 0 Å². The molecule has 1 aromatic carbocycles. The fourth-order valence-electron chi connectivity index (χ4n) is 3.29. The van der Waals surface area contributed by atoms with Crippen LogP contribution in [0.1, 0.15) is 31.4 Å². The highest BCUT2D eigenvalue weighted by Gasteiger charge is 2.35. The summed E-state index contributed by atoms with van der Waals surface area (Å²) in [6, 6.07) is 5.27. The van der Waals surface area contributed by atoms with Gasteiger partial charge in [-0.15, -0.1) is 0 Å². The number of esters is 1. The summed E-state index contributed by atoms with van der Waals surface area (Å²) in [6.45, 7) is 7.49. The Morgan fingerprint density at radius 3 is 2.32 bits per heavy atom. The van der Waals surface area contributed by atoms with Crippen LogP contribution in [0.3, 0.4) is 0 Å². The first kappa shape index (κ1) is 22.2. The van der Waals surface area contributed by atoms with Gasteiger partial charge < -0.3 is 14.4 Å². The Hall–Kier alpha value is -2.09. The molecule has 0 aromatic heterocycles. The number of rotatable bonds is 8. The largest absolute Gasteiger partial charge is 0.482 e. The molecule has 0 bridgehead atoms. The van der Waals surface area contributed by atoms with Crippen molar-refractivity contribution in [2.75, 3.05) is 31.3 Å². The van der Waals surface area contributed by atoms with Crippen LogP contribution in [0.25, 0.3) is 0 Å². The lowest BCUT2D eigenvalue weighted by molar-refractivity contribution is -0.154. The number of amides is 1. The summed E-state index contributed by atoms with van der Waals surface area (Å²) in [7, 11) is -3.11. The first-order chi connectivity index (χ1) is 13.1.